The van der Waals surface area contributed by atoms with Crippen molar-refractivity contribution < 1.29 is 23.4 Å². The van der Waals surface area contributed by atoms with E-state index in [1.165, 1.54) is 23.1 Å². The normalized spacial score (nSPS) is 18.4. The lowest BCUT2D eigenvalue weighted by Gasteiger charge is -2.30. The average molecular weight is 335 g/mol. The number of nitrogens with zero attached hydrogens (tertiary/aromatic N) is 1. The molecule has 0 radical (unpaired) electrons. The number of aliphatic hydroxyl groups excluding tert-OH is 1. The van der Waals surface area contributed by atoms with Crippen molar-refractivity contribution in [3.05, 3.63) is 28.8 Å². The van der Waals surface area contributed by atoms with Crippen LogP contribution in [0.3, 0.4) is 0 Å². The van der Waals surface area contributed by atoms with Crippen LogP contribution in [0.1, 0.15) is 18.4 Å². The summed E-state index contributed by atoms with van der Waals surface area (Å²) in [6.07, 6.45) is 0.874. The Hall–Kier alpha value is -1.60. The van der Waals surface area contributed by atoms with E-state index in [1.54, 1.807) is 0 Å². The molecule has 0 aromatic heterocycles. The number of benzene rings is 1. The van der Waals surface area contributed by atoms with Crippen LogP contribution in [0.15, 0.2) is 18.2 Å². The van der Waals surface area contributed by atoms with E-state index in [1.807, 2.05) is 0 Å². The molecule has 2 rings (SSSR count). The fraction of sp³-hybridized carbons (Fsp3) is 0.500. The van der Waals surface area contributed by atoms with Gasteiger partial charge in [0.2, 0.25) is 0 Å². The van der Waals surface area contributed by atoms with E-state index >= 15 is 0 Å². The Balaban J connectivity index is 1.98. The Morgan fingerprint density at radius 1 is 1.55 bits per heavy atom. The number of β-amino-alcohol motifs (C(OH)–C–C–N with tert-alkyl or cyclic N) is 1. The van der Waals surface area contributed by atoms with Crippen LogP contribution in [-0.4, -0.2) is 41.8 Å². The second kappa shape index (κ2) is 7.60. The first kappa shape index (κ1) is 16.8. The van der Waals surface area contributed by atoms with Gasteiger partial charge in [-0.2, -0.15) is 8.78 Å². The predicted molar refractivity (Wildman–Crippen MR) is 77.1 cm³/mol. The van der Waals surface area contributed by atoms with Crippen molar-refractivity contribution in [3.8, 4) is 5.75 Å². The number of likely N-dealkylation sites (tertiary alicyclic amines) is 1. The number of halogens is 3. The van der Waals surface area contributed by atoms with Crippen molar-refractivity contribution in [1.29, 1.82) is 0 Å². The quantitative estimate of drug-likeness (QED) is 0.889. The number of urea groups is 1. The zero-order valence-electron chi connectivity index (χ0n) is 11.8. The number of piperidine rings is 1. The molecule has 1 atom stereocenters. The van der Waals surface area contributed by atoms with Gasteiger partial charge in [0.05, 0.1) is 6.10 Å². The fourth-order valence-electron chi connectivity index (χ4n) is 2.32. The zero-order chi connectivity index (χ0) is 16.1. The van der Waals surface area contributed by atoms with Crippen molar-refractivity contribution in [2.45, 2.75) is 32.1 Å². The smallest absolute Gasteiger partial charge is 0.387 e. The Labute approximate surface area is 131 Å². The fourth-order valence-corrected chi connectivity index (χ4v) is 2.51. The first-order valence-electron chi connectivity index (χ1n) is 6.90. The summed E-state index contributed by atoms with van der Waals surface area (Å²) in [5, 5.41) is 12.5. The number of ether oxygens (including phenoxy) is 1. The van der Waals surface area contributed by atoms with Crippen LogP contribution in [0.25, 0.3) is 0 Å². The van der Waals surface area contributed by atoms with Crippen molar-refractivity contribution in [2.75, 3.05) is 13.1 Å². The molecule has 2 N–H and O–H groups in total. The highest BCUT2D eigenvalue weighted by Gasteiger charge is 2.22. The minimum atomic E-state index is -2.95. The van der Waals surface area contributed by atoms with Crippen molar-refractivity contribution in [3.63, 3.8) is 0 Å². The standard InChI is InChI=1S/C14H17ClF2N2O3/c15-10-3-4-12(22-13(16)17)9(6-10)7-18-14(21)19-5-1-2-11(20)8-19/h3-4,6,11,13,20H,1-2,5,7-8H2,(H,18,21). The molecule has 22 heavy (non-hydrogen) atoms. The molecular weight excluding hydrogens is 318 g/mol. The highest BCUT2D eigenvalue weighted by atomic mass is 35.5. The summed E-state index contributed by atoms with van der Waals surface area (Å²) in [5.74, 6) is -0.0293. The van der Waals surface area contributed by atoms with Crippen LogP contribution in [0.5, 0.6) is 5.75 Å². The molecule has 1 heterocycles. The van der Waals surface area contributed by atoms with Gasteiger partial charge in [0.25, 0.3) is 0 Å². The van der Waals surface area contributed by atoms with Gasteiger partial charge in [0.15, 0.2) is 0 Å². The number of hydrogen-bond donors (Lipinski definition) is 2. The van der Waals surface area contributed by atoms with E-state index in [4.69, 9.17) is 11.6 Å². The molecule has 1 unspecified atom stereocenters. The zero-order valence-corrected chi connectivity index (χ0v) is 12.5. The maximum Gasteiger partial charge on any atom is 0.387 e. The minimum Gasteiger partial charge on any atom is -0.434 e. The number of carbonyl (C=O) groups is 1. The number of hydrogen-bond acceptors (Lipinski definition) is 3. The third-order valence-electron chi connectivity index (χ3n) is 3.35. The Kier molecular flexibility index (Phi) is 5.79. The van der Waals surface area contributed by atoms with E-state index in [0.29, 0.717) is 23.6 Å². The van der Waals surface area contributed by atoms with E-state index in [2.05, 4.69) is 10.1 Å². The summed E-state index contributed by atoms with van der Waals surface area (Å²) in [5.41, 5.74) is 0.360. The summed E-state index contributed by atoms with van der Waals surface area (Å²) in [6, 6.07) is 3.87. The maximum absolute atomic E-state index is 12.4. The van der Waals surface area contributed by atoms with E-state index in [9.17, 15) is 18.7 Å². The molecule has 0 bridgehead atoms. The van der Waals surface area contributed by atoms with Gasteiger partial charge in [0, 0.05) is 30.2 Å². The van der Waals surface area contributed by atoms with Gasteiger partial charge in [-0.15, -0.1) is 0 Å². The van der Waals surface area contributed by atoms with Crippen LogP contribution in [0, 0.1) is 0 Å². The van der Waals surface area contributed by atoms with Crippen LogP contribution in [0.2, 0.25) is 5.02 Å². The summed E-state index contributed by atoms with van der Waals surface area (Å²) < 4.78 is 29.1. The van der Waals surface area contributed by atoms with Crippen molar-refractivity contribution in [1.82, 2.24) is 10.2 Å². The largest absolute Gasteiger partial charge is 0.434 e. The second-order valence-corrected chi connectivity index (χ2v) is 5.47. The average Bonchev–Trinajstić information content (AvgIpc) is 2.46. The van der Waals surface area contributed by atoms with E-state index in [-0.39, 0.29) is 24.9 Å². The molecule has 8 heteroatoms. The molecule has 2 amide bonds. The molecule has 5 nitrogen and oxygen atoms in total. The van der Waals surface area contributed by atoms with Crippen LogP contribution in [-0.2, 0) is 6.54 Å². The van der Waals surface area contributed by atoms with E-state index in [0.717, 1.165) is 6.42 Å². The van der Waals surface area contributed by atoms with Crippen LogP contribution < -0.4 is 10.1 Å². The van der Waals surface area contributed by atoms with Gasteiger partial charge < -0.3 is 20.1 Å². The Bertz CT molecular complexity index is 531. The third-order valence-corrected chi connectivity index (χ3v) is 3.59. The highest BCUT2D eigenvalue weighted by molar-refractivity contribution is 6.30. The molecule has 0 aliphatic carbocycles. The molecule has 1 fully saturated rings. The lowest BCUT2D eigenvalue weighted by molar-refractivity contribution is -0.0504. The molecule has 1 aliphatic heterocycles. The molecule has 1 aliphatic rings. The maximum atomic E-state index is 12.4. The lowest BCUT2D eigenvalue weighted by atomic mass is 10.1. The summed E-state index contributed by atoms with van der Waals surface area (Å²) in [4.78, 5) is 13.5. The topological polar surface area (TPSA) is 61.8 Å². The summed E-state index contributed by atoms with van der Waals surface area (Å²) in [6.45, 7) is -2.12. The van der Waals surface area contributed by atoms with Crippen molar-refractivity contribution in [2.24, 2.45) is 0 Å². The van der Waals surface area contributed by atoms with Crippen molar-refractivity contribution >= 4 is 17.6 Å². The first-order chi connectivity index (χ1) is 10.5. The number of alkyl halides is 2. The van der Waals surface area contributed by atoms with E-state index < -0.39 is 12.7 Å². The molecule has 122 valence electrons. The molecule has 1 saturated heterocycles. The highest BCUT2D eigenvalue weighted by Crippen LogP contribution is 2.24. The molecule has 0 spiro atoms. The first-order valence-corrected chi connectivity index (χ1v) is 7.27. The monoisotopic (exact) mass is 334 g/mol. The molecule has 1 aromatic rings. The SMILES string of the molecule is O=C(NCc1cc(Cl)ccc1OC(F)F)N1CCCC(O)C1. The number of amides is 2. The molecular formula is C14H17ClF2N2O3. The number of nitrogens with one attached hydrogen (secondary N) is 1. The van der Waals surface area contributed by atoms with Gasteiger partial charge in [0.1, 0.15) is 5.75 Å². The van der Waals surface area contributed by atoms with Gasteiger partial charge in [-0.25, -0.2) is 4.79 Å². The Morgan fingerprint density at radius 3 is 3.00 bits per heavy atom. The summed E-state index contributed by atoms with van der Waals surface area (Å²) in [7, 11) is 0. The Morgan fingerprint density at radius 2 is 2.32 bits per heavy atom. The minimum absolute atomic E-state index is 0.00798. The van der Waals surface area contributed by atoms with Gasteiger partial charge in [-0.3, -0.25) is 0 Å². The van der Waals surface area contributed by atoms with Crippen LogP contribution in [0.4, 0.5) is 13.6 Å². The molecule has 1 aromatic carbocycles. The lowest BCUT2D eigenvalue weighted by Crippen LogP contribution is -2.46. The molecule has 0 saturated carbocycles. The van der Waals surface area contributed by atoms with Crippen LogP contribution >= 0.6 is 11.6 Å². The number of aliphatic hydroxyl groups is 1. The summed E-state index contributed by atoms with van der Waals surface area (Å²) >= 11 is 5.84. The number of rotatable bonds is 4. The second-order valence-electron chi connectivity index (χ2n) is 5.03. The van der Waals surface area contributed by atoms with Gasteiger partial charge >= 0.3 is 12.6 Å². The number of carbonyl (C=O) groups excluding carboxylic acids is 1. The predicted octanol–water partition coefficient (Wildman–Crippen LogP) is 2.61. The third kappa shape index (κ3) is 4.71. The van der Waals surface area contributed by atoms with Gasteiger partial charge in [-0.05, 0) is 31.0 Å². The van der Waals surface area contributed by atoms with Gasteiger partial charge in [-0.1, -0.05) is 11.6 Å².